The summed E-state index contributed by atoms with van der Waals surface area (Å²) >= 11 is 0. The molecule has 2 aromatic rings. The van der Waals surface area contributed by atoms with E-state index in [9.17, 15) is 31.1 Å². The Labute approximate surface area is 150 Å². The summed E-state index contributed by atoms with van der Waals surface area (Å²) in [5.41, 5.74) is 1.10. The summed E-state index contributed by atoms with van der Waals surface area (Å²) in [6.07, 6.45) is -14.7. The van der Waals surface area contributed by atoms with E-state index in [2.05, 4.69) is 10.1 Å². The molecule has 0 spiro atoms. The third-order valence-corrected chi connectivity index (χ3v) is 3.49. The average Bonchev–Trinajstić information content (AvgIpc) is 2.61. The summed E-state index contributed by atoms with van der Waals surface area (Å²) in [7, 11) is 0. The van der Waals surface area contributed by atoms with Crippen molar-refractivity contribution in [3.05, 3.63) is 65.7 Å². The first kappa shape index (κ1) is 20.6. The van der Waals surface area contributed by atoms with Gasteiger partial charge in [-0.15, -0.1) is 0 Å². The van der Waals surface area contributed by atoms with Gasteiger partial charge in [-0.2, -0.15) is 22.0 Å². The molecule has 0 aliphatic carbocycles. The number of hydrogen-bond acceptors (Lipinski definition) is 2. The Morgan fingerprint density at radius 3 is 2.11 bits per heavy atom. The molecule has 0 heterocycles. The minimum Gasteiger partial charge on any atom is -0.430 e. The lowest BCUT2D eigenvalue weighted by Crippen LogP contribution is -2.45. The van der Waals surface area contributed by atoms with Gasteiger partial charge in [-0.3, -0.25) is 4.79 Å². The van der Waals surface area contributed by atoms with Crippen molar-refractivity contribution < 1.29 is 35.9 Å². The largest absolute Gasteiger partial charge is 0.439 e. The van der Waals surface area contributed by atoms with Gasteiger partial charge in [0.25, 0.3) is 12.1 Å². The second-order valence-electron chi connectivity index (χ2n) is 5.58. The Balaban J connectivity index is 1.91. The van der Waals surface area contributed by atoms with E-state index in [1.165, 1.54) is 0 Å². The Morgan fingerprint density at radius 2 is 1.56 bits per heavy atom. The third kappa shape index (κ3) is 5.90. The molecule has 0 bridgehead atoms. The lowest BCUT2D eigenvalue weighted by atomic mass is 10.1. The van der Waals surface area contributed by atoms with Crippen molar-refractivity contribution in [3.8, 4) is 5.75 Å². The molecule has 0 aliphatic heterocycles. The molecule has 146 valence electrons. The van der Waals surface area contributed by atoms with Crippen molar-refractivity contribution >= 4 is 5.91 Å². The van der Waals surface area contributed by atoms with Crippen LogP contribution in [0.1, 0.15) is 15.9 Å². The molecular weight excluding hydrogens is 376 g/mol. The number of ether oxygens (including phenoxy) is 1. The van der Waals surface area contributed by atoms with Gasteiger partial charge in [0.05, 0.1) is 0 Å². The molecule has 0 aromatic heterocycles. The molecule has 1 amide bonds. The highest BCUT2D eigenvalue weighted by Crippen LogP contribution is 2.36. The van der Waals surface area contributed by atoms with Crippen molar-refractivity contribution in [1.82, 2.24) is 5.32 Å². The lowest BCUT2D eigenvalue weighted by Gasteiger charge is -2.23. The van der Waals surface area contributed by atoms with Gasteiger partial charge in [0, 0.05) is 12.1 Å². The highest BCUT2D eigenvalue weighted by Gasteiger charge is 2.59. The van der Waals surface area contributed by atoms with Crippen LogP contribution in [0.25, 0.3) is 0 Å². The Bertz CT molecular complexity index is 747. The van der Waals surface area contributed by atoms with Crippen LogP contribution in [0.5, 0.6) is 5.75 Å². The number of halogens is 6. The Kier molecular flexibility index (Phi) is 6.35. The SMILES string of the molecule is O=C(NCCc1ccccc1)c1ccc(OC(F)(F)[C@H](F)C(F)(F)F)cc1. The highest BCUT2D eigenvalue weighted by molar-refractivity contribution is 5.94. The smallest absolute Gasteiger partial charge is 0.430 e. The van der Waals surface area contributed by atoms with E-state index in [0.29, 0.717) is 13.0 Å². The van der Waals surface area contributed by atoms with E-state index in [1.807, 2.05) is 30.3 Å². The molecule has 1 N–H and O–H groups in total. The second-order valence-corrected chi connectivity index (χ2v) is 5.58. The number of rotatable bonds is 7. The number of nitrogens with one attached hydrogen (secondary N) is 1. The van der Waals surface area contributed by atoms with Gasteiger partial charge in [0.15, 0.2) is 0 Å². The van der Waals surface area contributed by atoms with Crippen LogP contribution in [0.3, 0.4) is 0 Å². The summed E-state index contributed by atoms with van der Waals surface area (Å²) in [6.45, 7) is 0.328. The molecule has 0 aliphatic rings. The van der Waals surface area contributed by atoms with Gasteiger partial charge >= 0.3 is 12.3 Å². The molecule has 1 atom stereocenters. The number of carbonyl (C=O) groups is 1. The molecule has 0 saturated heterocycles. The van der Waals surface area contributed by atoms with Crippen molar-refractivity contribution in [2.45, 2.75) is 24.9 Å². The molecule has 0 unspecified atom stereocenters. The van der Waals surface area contributed by atoms with Crippen LogP contribution in [-0.4, -0.2) is 30.9 Å². The number of amides is 1. The third-order valence-electron chi connectivity index (χ3n) is 3.49. The van der Waals surface area contributed by atoms with Gasteiger partial charge in [0.1, 0.15) is 5.75 Å². The minimum absolute atomic E-state index is 0.0892. The maximum Gasteiger partial charge on any atom is 0.439 e. The Morgan fingerprint density at radius 1 is 0.963 bits per heavy atom. The van der Waals surface area contributed by atoms with Crippen LogP contribution >= 0.6 is 0 Å². The van der Waals surface area contributed by atoms with E-state index < -0.39 is 30.1 Å². The van der Waals surface area contributed by atoms with Crippen LogP contribution < -0.4 is 10.1 Å². The summed E-state index contributed by atoms with van der Waals surface area (Å²) in [4.78, 5) is 12.0. The van der Waals surface area contributed by atoms with Crippen molar-refractivity contribution in [1.29, 1.82) is 0 Å². The number of carbonyl (C=O) groups excluding carboxylic acids is 1. The number of hydrogen-bond donors (Lipinski definition) is 1. The average molecular weight is 391 g/mol. The summed E-state index contributed by atoms with van der Waals surface area (Å²) < 4.78 is 79.2. The van der Waals surface area contributed by atoms with Gasteiger partial charge in [-0.1, -0.05) is 30.3 Å². The first-order valence-electron chi connectivity index (χ1n) is 7.79. The van der Waals surface area contributed by atoms with Gasteiger partial charge in [-0.25, -0.2) is 4.39 Å². The first-order valence-corrected chi connectivity index (χ1v) is 7.79. The fraction of sp³-hybridized carbons (Fsp3) is 0.278. The van der Waals surface area contributed by atoms with E-state index in [1.54, 1.807) is 0 Å². The molecule has 0 fully saturated rings. The molecular formula is C18H15F6NO2. The standard InChI is InChI=1S/C18H15F6NO2/c19-16(17(20,21)22)18(23,24)27-14-8-6-13(7-9-14)15(26)25-11-10-12-4-2-1-3-5-12/h1-9,16H,10-11H2,(H,25,26)/t16-/m1/s1. The van der Waals surface area contributed by atoms with Gasteiger partial charge in [0.2, 0.25) is 0 Å². The molecule has 2 rings (SSSR count). The monoisotopic (exact) mass is 391 g/mol. The van der Waals surface area contributed by atoms with E-state index in [0.717, 1.165) is 29.8 Å². The zero-order chi connectivity index (χ0) is 20.1. The molecule has 27 heavy (non-hydrogen) atoms. The van der Waals surface area contributed by atoms with E-state index >= 15 is 0 Å². The van der Waals surface area contributed by atoms with Crippen LogP contribution in [0.2, 0.25) is 0 Å². The molecule has 0 saturated carbocycles. The summed E-state index contributed by atoms with van der Waals surface area (Å²) in [5.74, 6) is -1.20. The first-order chi connectivity index (χ1) is 12.6. The normalized spacial score (nSPS) is 13.1. The summed E-state index contributed by atoms with van der Waals surface area (Å²) in [6, 6.07) is 13.2. The predicted molar refractivity (Wildman–Crippen MR) is 85.4 cm³/mol. The zero-order valence-electron chi connectivity index (χ0n) is 13.8. The topological polar surface area (TPSA) is 38.3 Å². The molecule has 0 radical (unpaired) electrons. The number of benzene rings is 2. The summed E-state index contributed by atoms with van der Waals surface area (Å²) in [5, 5.41) is 2.62. The van der Waals surface area contributed by atoms with Crippen molar-refractivity contribution in [3.63, 3.8) is 0 Å². The van der Waals surface area contributed by atoms with Gasteiger partial charge < -0.3 is 10.1 Å². The fourth-order valence-corrected chi connectivity index (χ4v) is 2.14. The van der Waals surface area contributed by atoms with Crippen LogP contribution in [-0.2, 0) is 6.42 Å². The maximum absolute atomic E-state index is 13.2. The van der Waals surface area contributed by atoms with Gasteiger partial charge in [-0.05, 0) is 36.2 Å². The second kappa shape index (κ2) is 8.32. The maximum atomic E-state index is 13.2. The highest BCUT2D eigenvalue weighted by atomic mass is 19.4. The minimum atomic E-state index is -5.76. The molecule has 2 aromatic carbocycles. The Hall–Kier alpha value is -2.71. The van der Waals surface area contributed by atoms with E-state index in [-0.39, 0.29) is 5.56 Å². The van der Waals surface area contributed by atoms with E-state index in [4.69, 9.17) is 0 Å². The predicted octanol–water partition coefficient (Wildman–Crippen LogP) is 4.53. The molecule has 3 nitrogen and oxygen atoms in total. The van der Waals surface area contributed by atoms with Crippen LogP contribution in [0.4, 0.5) is 26.3 Å². The quantitative estimate of drug-likeness (QED) is 0.705. The van der Waals surface area contributed by atoms with Crippen molar-refractivity contribution in [2.24, 2.45) is 0 Å². The lowest BCUT2D eigenvalue weighted by molar-refractivity contribution is -0.304. The van der Waals surface area contributed by atoms with Crippen LogP contribution in [0.15, 0.2) is 54.6 Å². The number of alkyl halides is 6. The molecule has 9 heteroatoms. The fourth-order valence-electron chi connectivity index (χ4n) is 2.14. The van der Waals surface area contributed by atoms with Crippen molar-refractivity contribution in [2.75, 3.05) is 6.54 Å². The van der Waals surface area contributed by atoms with Crippen LogP contribution in [0, 0.1) is 0 Å². The zero-order valence-corrected chi connectivity index (χ0v) is 13.8.